The zero-order valence-electron chi connectivity index (χ0n) is 20.6. The maximum Gasteiger partial charge on any atom is 0.472 e. The highest BCUT2D eigenvalue weighted by atomic mass is 31.2. The second-order valence-electron chi connectivity index (χ2n) is 7.80. The minimum absolute atomic E-state index is 0.0966. The second kappa shape index (κ2) is 22.8. The Balaban J connectivity index is 3.83. The van der Waals surface area contributed by atoms with Gasteiger partial charge in [-0.15, -0.1) is 0 Å². The maximum absolute atomic E-state index is 11.7. The van der Waals surface area contributed by atoms with Crippen LogP contribution in [0, 0.1) is 0 Å². The van der Waals surface area contributed by atoms with E-state index in [9.17, 15) is 14.3 Å². The van der Waals surface area contributed by atoms with Gasteiger partial charge in [-0.05, 0) is 32.1 Å². The van der Waals surface area contributed by atoms with Gasteiger partial charge in [0.25, 0.3) is 0 Å². The fraction of sp³-hybridized carbons (Fsp3) is 0.792. The number of ether oxygens (including phenoxy) is 2. The van der Waals surface area contributed by atoms with E-state index in [0.29, 0.717) is 6.61 Å². The van der Waals surface area contributed by atoms with E-state index in [-0.39, 0.29) is 32.8 Å². The highest BCUT2D eigenvalue weighted by Crippen LogP contribution is 2.43. The van der Waals surface area contributed by atoms with Crippen LogP contribution in [-0.2, 0) is 27.9 Å². The first-order valence-corrected chi connectivity index (χ1v) is 13.8. The molecule has 0 aromatic carbocycles. The van der Waals surface area contributed by atoms with E-state index in [1.807, 2.05) is 0 Å². The third-order valence-electron chi connectivity index (χ3n) is 4.66. The van der Waals surface area contributed by atoms with Crippen LogP contribution in [0.25, 0.3) is 0 Å². The molecule has 0 aliphatic carbocycles. The number of hydrogen-bond acceptors (Lipinski definition) is 7. The van der Waals surface area contributed by atoms with Gasteiger partial charge in [0.1, 0.15) is 6.10 Å². The molecule has 2 atom stereocenters. The molecule has 0 aliphatic rings. The summed E-state index contributed by atoms with van der Waals surface area (Å²) < 4.78 is 32.1. The highest BCUT2D eigenvalue weighted by Gasteiger charge is 2.24. The average Bonchev–Trinajstić information content (AvgIpc) is 2.80. The van der Waals surface area contributed by atoms with Crippen molar-refractivity contribution in [2.75, 3.05) is 33.0 Å². The topological polar surface area (TPSA) is 117 Å². The highest BCUT2D eigenvalue weighted by molar-refractivity contribution is 7.47. The van der Waals surface area contributed by atoms with Crippen LogP contribution in [0.3, 0.4) is 0 Å². The lowest BCUT2D eigenvalue weighted by molar-refractivity contribution is -0.154. The SMILES string of the molecule is CCC/C=C\C/C=C\CCCCCCCCOCC(COP(=O)(O)OCCN)OC(=O)CC. The van der Waals surface area contributed by atoms with Crippen LogP contribution < -0.4 is 5.73 Å². The summed E-state index contributed by atoms with van der Waals surface area (Å²) in [5.41, 5.74) is 5.24. The minimum Gasteiger partial charge on any atom is -0.457 e. The molecule has 0 amide bonds. The first kappa shape index (κ1) is 32.0. The monoisotopic (exact) mass is 491 g/mol. The van der Waals surface area contributed by atoms with Gasteiger partial charge >= 0.3 is 13.8 Å². The molecule has 0 aliphatic heterocycles. The molecule has 2 unspecified atom stereocenters. The van der Waals surface area contributed by atoms with Gasteiger partial charge in [-0.1, -0.05) is 70.3 Å². The summed E-state index contributed by atoms with van der Waals surface area (Å²) in [6.07, 6.45) is 19.8. The Kier molecular flexibility index (Phi) is 22.1. The number of esters is 1. The number of carbonyl (C=O) groups excluding carboxylic acids is 1. The molecule has 0 aromatic heterocycles. The number of unbranched alkanes of at least 4 members (excludes halogenated alkanes) is 7. The predicted molar refractivity (Wildman–Crippen MR) is 132 cm³/mol. The van der Waals surface area contributed by atoms with Gasteiger partial charge in [0.2, 0.25) is 0 Å². The smallest absolute Gasteiger partial charge is 0.457 e. The molecule has 33 heavy (non-hydrogen) atoms. The summed E-state index contributed by atoms with van der Waals surface area (Å²) >= 11 is 0. The maximum atomic E-state index is 11.7. The van der Waals surface area contributed by atoms with Crippen LogP contribution in [0.5, 0.6) is 0 Å². The van der Waals surface area contributed by atoms with Crippen LogP contribution in [0.15, 0.2) is 24.3 Å². The number of phosphoric acid groups is 1. The quantitative estimate of drug-likeness (QED) is 0.0838. The summed E-state index contributed by atoms with van der Waals surface area (Å²) in [4.78, 5) is 21.1. The lowest BCUT2D eigenvalue weighted by Crippen LogP contribution is -2.28. The fourth-order valence-electron chi connectivity index (χ4n) is 2.83. The van der Waals surface area contributed by atoms with Crippen molar-refractivity contribution in [1.29, 1.82) is 0 Å². The molecular formula is C24H46NO7P. The average molecular weight is 492 g/mol. The normalized spacial score (nSPS) is 14.7. The van der Waals surface area contributed by atoms with Gasteiger partial charge in [-0.3, -0.25) is 13.8 Å². The van der Waals surface area contributed by atoms with Crippen LogP contribution in [0.1, 0.15) is 84.5 Å². The Hall–Kier alpha value is -1.02. The molecule has 0 rings (SSSR count). The first-order valence-electron chi connectivity index (χ1n) is 12.3. The lowest BCUT2D eigenvalue weighted by Gasteiger charge is -2.19. The molecule has 0 fully saturated rings. The second-order valence-corrected chi connectivity index (χ2v) is 9.26. The van der Waals surface area contributed by atoms with Crippen molar-refractivity contribution in [1.82, 2.24) is 0 Å². The molecule has 0 bridgehead atoms. The number of rotatable bonds is 23. The number of nitrogens with two attached hydrogens (primary N) is 1. The Labute approximate surface area is 200 Å². The van der Waals surface area contributed by atoms with Gasteiger partial charge in [-0.25, -0.2) is 4.57 Å². The van der Waals surface area contributed by atoms with Gasteiger partial charge in [0, 0.05) is 19.6 Å². The lowest BCUT2D eigenvalue weighted by atomic mass is 10.1. The number of phosphoric ester groups is 1. The standard InChI is InChI=1S/C24H46NO7P/c1-3-5-6-7-8-9-10-11-12-13-14-15-16-17-19-29-21-23(32-24(26)4-2)22-31-33(27,28)30-20-18-25/h6-7,9-10,23H,3-5,8,11-22,25H2,1-2H3,(H,27,28)/b7-6-,10-9-. The van der Waals surface area contributed by atoms with Crippen molar-refractivity contribution in [3.8, 4) is 0 Å². The summed E-state index contributed by atoms with van der Waals surface area (Å²) in [5, 5.41) is 0. The summed E-state index contributed by atoms with van der Waals surface area (Å²) in [5.74, 6) is -0.425. The fourth-order valence-corrected chi connectivity index (χ4v) is 3.59. The van der Waals surface area contributed by atoms with Gasteiger partial charge < -0.3 is 20.1 Å². The largest absolute Gasteiger partial charge is 0.472 e. The molecular weight excluding hydrogens is 445 g/mol. The van der Waals surface area contributed by atoms with E-state index in [2.05, 4.69) is 35.8 Å². The first-order chi connectivity index (χ1) is 15.9. The third kappa shape index (κ3) is 22.5. The molecule has 0 saturated heterocycles. The molecule has 3 N–H and O–H groups in total. The molecule has 0 radical (unpaired) electrons. The van der Waals surface area contributed by atoms with Crippen molar-refractivity contribution in [2.24, 2.45) is 5.73 Å². The van der Waals surface area contributed by atoms with Gasteiger partial charge in [0.05, 0.1) is 19.8 Å². The number of allylic oxidation sites excluding steroid dienone is 4. The van der Waals surface area contributed by atoms with Crippen LogP contribution in [0.4, 0.5) is 0 Å². The van der Waals surface area contributed by atoms with Crippen molar-refractivity contribution in [3.63, 3.8) is 0 Å². The molecule has 0 spiro atoms. The molecule has 0 saturated carbocycles. The van der Waals surface area contributed by atoms with Crippen molar-refractivity contribution >= 4 is 13.8 Å². The Bertz CT molecular complexity index is 569. The van der Waals surface area contributed by atoms with E-state index in [1.165, 1.54) is 25.7 Å². The molecule has 194 valence electrons. The summed E-state index contributed by atoms with van der Waals surface area (Å²) in [6, 6.07) is 0. The van der Waals surface area contributed by atoms with Crippen molar-refractivity contribution in [3.05, 3.63) is 24.3 Å². The summed E-state index contributed by atoms with van der Waals surface area (Å²) in [7, 11) is -4.22. The minimum atomic E-state index is -4.22. The molecule has 9 heteroatoms. The zero-order valence-corrected chi connectivity index (χ0v) is 21.5. The van der Waals surface area contributed by atoms with Crippen LogP contribution in [-0.4, -0.2) is 49.9 Å². The molecule has 0 heterocycles. The Morgan fingerprint density at radius 2 is 1.58 bits per heavy atom. The van der Waals surface area contributed by atoms with E-state index >= 15 is 0 Å². The zero-order chi connectivity index (χ0) is 24.6. The van der Waals surface area contributed by atoms with E-state index in [1.54, 1.807) is 6.92 Å². The van der Waals surface area contributed by atoms with E-state index < -0.39 is 19.9 Å². The molecule has 8 nitrogen and oxygen atoms in total. The molecule has 0 aromatic rings. The number of carbonyl (C=O) groups is 1. The predicted octanol–water partition coefficient (Wildman–Crippen LogP) is 5.45. The number of hydrogen-bond donors (Lipinski definition) is 2. The van der Waals surface area contributed by atoms with Crippen molar-refractivity contribution < 1.29 is 32.8 Å². The van der Waals surface area contributed by atoms with E-state index in [0.717, 1.165) is 38.5 Å². The van der Waals surface area contributed by atoms with Crippen LogP contribution >= 0.6 is 7.82 Å². The van der Waals surface area contributed by atoms with Gasteiger partial charge in [-0.2, -0.15) is 0 Å². The Morgan fingerprint density at radius 1 is 0.909 bits per heavy atom. The summed E-state index contributed by atoms with van der Waals surface area (Å²) in [6.45, 7) is 4.21. The van der Waals surface area contributed by atoms with Gasteiger partial charge in [0.15, 0.2) is 0 Å². The Morgan fingerprint density at radius 3 is 2.24 bits per heavy atom. The third-order valence-corrected chi connectivity index (χ3v) is 5.64. The van der Waals surface area contributed by atoms with Crippen molar-refractivity contribution in [2.45, 2.75) is 90.6 Å². The van der Waals surface area contributed by atoms with Crippen LogP contribution in [0.2, 0.25) is 0 Å². The van der Waals surface area contributed by atoms with E-state index in [4.69, 9.17) is 19.7 Å².